The van der Waals surface area contributed by atoms with E-state index in [9.17, 15) is 19.8 Å². The molecule has 0 aliphatic heterocycles. The molecule has 0 aliphatic rings. The molecule has 0 bridgehead atoms. The van der Waals surface area contributed by atoms with Crippen molar-refractivity contribution in [1.29, 1.82) is 0 Å². The molecule has 3 aromatic rings. The standard InChI is InChI=1S/C24H28N2O7/c1-14-10-19(28)23(30)24(33-14)16(15-7-8-18(27)21(11-15)31-4)12-22(29)25-13-17(26(2)3)20-6-5-9-32-20/h5-11,16-17,27,30H,12-13H2,1-4H3,(H,25,29). The van der Waals surface area contributed by atoms with Crippen LogP contribution in [0.4, 0.5) is 0 Å². The van der Waals surface area contributed by atoms with Crippen molar-refractivity contribution in [3.05, 3.63) is 75.7 Å². The van der Waals surface area contributed by atoms with Gasteiger partial charge in [-0.1, -0.05) is 6.07 Å². The van der Waals surface area contributed by atoms with Gasteiger partial charge in [0, 0.05) is 19.0 Å². The van der Waals surface area contributed by atoms with Gasteiger partial charge in [0.15, 0.2) is 17.3 Å². The molecule has 3 rings (SSSR count). The van der Waals surface area contributed by atoms with Crippen LogP contribution in [0.5, 0.6) is 17.2 Å². The minimum Gasteiger partial charge on any atom is -0.504 e. The summed E-state index contributed by atoms with van der Waals surface area (Å²) in [7, 11) is 5.16. The third-order valence-corrected chi connectivity index (χ3v) is 5.37. The molecule has 3 N–H and O–H groups in total. The Morgan fingerprint density at radius 3 is 2.61 bits per heavy atom. The first-order valence-corrected chi connectivity index (χ1v) is 10.4. The third kappa shape index (κ3) is 5.56. The van der Waals surface area contributed by atoms with E-state index in [1.54, 1.807) is 31.4 Å². The van der Waals surface area contributed by atoms with E-state index in [0.717, 1.165) is 0 Å². The van der Waals surface area contributed by atoms with Gasteiger partial charge in [0.25, 0.3) is 0 Å². The Labute approximate surface area is 191 Å². The molecule has 0 saturated heterocycles. The van der Waals surface area contributed by atoms with Gasteiger partial charge in [-0.2, -0.15) is 0 Å². The van der Waals surface area contributed by atoms with E-state index in [2.05, 4.69) is 5.32 Å². The topological polar surface area (TPSA) is 125 Å². The Morgan fingerprint density at radius 1 is 1.21 bits per heavy atom. The lowest BCUT2D eigenvalue weighted by atomic mass is 9.91. The summed E-state index contributed by atoms with van der Waals surface area (Å²) < 4.78 is 16.3. The monoisotopic (exact) mass is 456 g/mol. The van der Waals surface area contributed by atoms with Crippen molar-refractivity contribution in [3.8, 4) is 17.2 Å². The lowest BCUT2D eigenvalue weighted by molar-refractivity contribution is -0.121. The first kappa shape index (κ1) is 23.9. The van der Waals surface area contributed by atoms with Gasteiger partial charge in [0.05, 0.1) is 25.3 Å². The third-order valence-electron chi connectivity index (χ3n) is 5.37. The summed E-state index contributed by atoms with van der Waals surface area (Å²) in [6, 6.07) is 9.17. The number of phenols is 1. The highest BCUT2D eigenvalue weighted by Gasteiger charge is 2.27. The van der Waals surface area contributed by atoms with Crippen LogP contribution in [0.3, 0.4) is 0 Å². The number of phenolic OH excluding ortho intramolecular Hbond substituents is 1. The van der Waals surface area contributed by atoms with E-state index < -0.39 is 17.1 Å². The van der Waals surface area contributed by atoms with Crippen molar-refractivity contribution >= 4 is 5.91 Å². The van der Waals surface area contributed by atoms with Crippen LogP contribution in [0.1, 0.15) is 41.2 Å². The Balaban J connectivity index is 1.90. The second kappa shape index (κ2) is 10.3. The summed E-state index contributed by atoms with van der Waals surface area (Å²) >= 11 is 0. The van der Waals surface area contributed by atoms with Gasteiger partial charge in [-0.05, 0) is 50.8 Å². The quantitative estimate of drug-likeness (QED) is 0.449. The maximum Gasteiger partial charge on any atom is 0.227 e. The van der Waals surface area contributed by atoms with Gasteiger partial charge in [-0.15, -0.1) is 0 Å². The van der Waals surface area contributed by atoms with Crippen molar-refractivity contribution < 1.29 is 28.6 Å². The van der Waals surface area contributed by atoms with Crippen LogP contribution in [0.25, 0.3) is 0 Å². The first-order chi connectivity index (χ1) is 15.7. The van der Waals surface area contributed by atoms with Crippen LogP contribution in [0.2, 0.25) is 0 Å². The molecule has 0 fully saturated rings. The van der Waals surface area contributed by atoms with Gasteiger partial charge >= 0.3 is 0 Å². The zero-order chi connectivity index (χ0) is 24.1. The number of aryl methyl sites for hydroxylation is 1. The minimum atomic E-state index is -0.798. The molecule has 1 aromatic carbocycles. The zero-order valence-corrected chi connectivity index (χ0v) is 19.0. The summed E-state index contributed by atoms with van der Waals surface area (Å²) in [5, 5.41) is 23.3. The number of likely N-dealkylation sites (N-methyl/N-ethyl adjacent to an activating group) is 1. The van der Waals surface area contributed by atoms with Crippen molar-refractivity contribution in [2.24, 2.45) is 0 Å². The summed E-state index contributed by atoms with van der Waals surface area (Å²) in [6.45, 7) is 1.87. The summed E-state index contributed by atoms with van der Waals surface area (Å²) in [5.41, 5.74) is -0.0746. The second-order valence-electron chi connectivity index (χ2n) is 7.92. The van der Waals surface area contributed by atoms with E-state index >= 15 is 0 Å². The van der Waals surface area contributed by atoms with Crippen molar-refractivity contribution in [2.45, 2.75) is 25.3 Å². The average Bonchev–Trinajstić information content (AvgIpc) is 3.29. The maximum atomic E-state index is 13.0. The molecule has 0 aliphatic carbocycles. The predicted molar refractivity (Wildman–Crippen MR) is 121 cm³/mol. The lowest BCUT2D eigenvalue weighted by Crippen LogP contribution is -2.35. The smallest absolute Gasteiger partial charge is 0.227 e. The number of hydrogen-bond acceptors (Lipinski definition) is 8. The molecular formula is C24H28N2O7. The average molecular weight is 456 g/mol. The number of rotatable bonds is 9. The van der Waals surface area contributed by atoms with Crippen LogP contribution in [-0.2, 0) is 4.79 Å². The Bertz CT molecular complexity index is 1150. The second-order valence-corrected chi connectivity index (χ2v) is 7.92. The minimum absolute atomic E-state index is 0.0295. The fourth-order valence-electron chi connectivity index (χ4n) is 3.62. The van der Waals surface area contributed by atoms with Gasteiger partial charge in [0.1, 0.15) is 11.5 Å². The SMILES string of the molecule is COc1cc(C(CC(=O)NCC(c2ccco2)N(C)C)c2oc(C)cc(=O)c2O)ccc1O. The normalized spacial score (nSPS) is 13.0. The number of nitrogens with one attached hydrogen (secondary N) is 1. The number of hydrogen-bond donors (Lipinski definition) is 3. The molecule has 2 unspecified atom stereocenters. The fourth-order valence-corrected chi connectivity index (χ4v) is 3.62. The van der Waals surface area contributed by atoms with E-state index in [4.69, 9.17) is 13.6 Å². The molecule has 33 heavy (non-hydrogen) atoms. The summed E-state index contributed by atoms with van der Waals surface area (Å²) in [4.78, 5) is 27.1. The number of ether oxygens (including phenoxy) is 1. The molecular weight excluding hydrogens is 428 g/mol. The molecule has 1 amide bonds. The lowest BCUT2D eigenvalue weighted by Gasteiger charge is -2.23. The number of furan rings is 1. The molecule has 2 atom stereocenters. The van der Waals surface area contributed by atoms with Crippen LogP contribution in [0, 0.1) is 6.92 Å². The van der Waals surface area contributed by atoms with Crippen molar-refractivity contribution in [1.82, 2.24) is 10.2 Å². The maximum absolute atomic E-state index is 13.0. The van der Waals surface area contributed by atoms with Crippen LogP contribution in [-0.4, -0.2) is 48.8 Å². The number of aromatic hydroxyl groups is 2. The van der Waals surface area contributed by atoms with Gasteiger partial charge in [-0.3, -0.25) is 14.5 Å². The molecule has 9 heteroatoms. The number of nitrogens with zero attached hydrogens (tertiary/aromatic N) is 1. The molecule has 0 spiro atoms. The van der Waals surface area contributed by atoms with E-state index in [1.807, 2.05) is 25.1 Å². The fraction of sp³-hybridized carbons (Fsp3) is 0.333. The van der Waals surface area contributed by atoms with E-state index in [-0.39, 0.29) is 42.2 Å². The highest BCUT2D eigenvalue weighted by atomic mass is 16.5. The van der Waals surface area contributed by atoms with E-state index in [0.29, 0.717) is 17.1 Å². The summed E-state index contributed by atoms with van der Waals surface area (Å²) in [6.07, 6.45) is 1.45. The predicted octanol–water partition coefficient (Wildman–Crippen LogP) is 2.90. The molecule has 0 saturated carbocycles. The number of benzene rings is 1. The van der Waals surface area contributed by atoms with Crippen molar-refractivity contribution in [2.75, 3.05) is 27.7 Å². The van der Waals surface area contributed by atoms with Crippen LogP contribution >= 0.6 is 0 Å². The number of amides is 1. The largest absolute Gasteiger partial charge is 0.504 e. The first-order valence-electron chi connectivity index (χ1n) is 10.4. The van der Waals surface area contributed by atoms with Gasteiger partial charge in [0.2, 0.25) is 17.1 Å². The van der Waals surface area contributed by atoms with E-state index in [1.165, 1.54) is 19.2 Å². The molecule has 176 valence electrons. The summed E-state index contributed by atoms with van der Waals surface area (Å²) in [5.74, 6) is -0.589. The number of carbonyl (C=O) groups is 1. The van der Waals surface area contributed by atoms with Gasteiger partial charge < -0.3 is 29.1 Å². The molecule has 2 aromatic heterocycles. The molecule has 2 heterocycles. The Morgan fingerprint density at radius 2 is 1.97 bits per heavy atom. The van der Waals surface area contributed by atoms with Gasteiger partial charge in [-0.25, -0.2) is 0 Å². The van der Waals surface area contributed by atoms with Crippen LogP contribution < -0.4 is 15.5 Å². The number of methoxy groups -OCH3 is 1. The highest BCUT2D eigenvalue weighted by Crippen LogP contribution is 2.37. The molecule has 0 radical (unpaired) electrons. The zero-order valence-electron chi connectivity index (χ0n) is 19.0. The number of carbonyl (C=O) groups excluding carboxylic acids is 1. The molecule has 9 nitrogen and oxygen atoms in total. The highest BCUT2D eigenvalue weighted by molar-refractivity contribution is 5.77. The van der Waals surface area contributed by atoms with Crippen LogP contribution in [0.15, 0.2) is 56.3 Å². The van der Waals surface area contributed by atoms with Crippen molar-refractivity contribution in [3.63, 3.8) is 0 Å². The Hall–Kier alpha value is -3.72. The Kier molecular flexibility index (Phi) is 7.44.